The molecule has 1 unspecified atom stereocenters. The number of ether oxygens (including phenoxy) is 1. The van der Waals surface area contributed by atoms with Gasteiger partial charge in [-0.3, -0.25) is 23.9 Å². The molecule has 0 saturated carbocycles. The topological polar surface area (TPSA) is 95.6 Å². The van der Waals surface area contributed by atoms with Gasteiger partial charge < -0.3 is 9.64 Å². The summed E-state index contributed by atoms with van der Waals surface area (Å²) in [6.07, 6.45) is 5.75. The maximum atomic E-state index is 13.4. The number of aromatic nitrogens is 1. The van der Waals surface area contributed by atoms with Crippen molar-refractivity contribution in [3.63, 3.8) is 0 Å². The number of carbonyl (C=O) groups excluding carboxylic acids is 2. The highest BCUT2D eigenvalue weighted by Crippen LogP contribution is 2.37. The highest BCUT2D eigenvalue weighted by atomic mass is 32.2. The molecule has 0 aromatic carbocycles. The van der Waals surface area contributed by atoms with E-state index < -0.39 is 0 Å². The number of piperidine rings is 1. The molecule has 1 aromatic heterocycles. The van der Waals surface area contributed by atoms with Crippen LogP contribution in [-0.4, -0.2) is 51.9 Å². The Bertz CT molecular complexity index is 1170. The van der Waals surface area contributed by atoms with E-state index in [9.17, 15) is 19.6 Å². The molecule has 1 atom stereocenters. The molecule has 10 heteroatoms. The quantitative estimate of drug-likeness (QED) is 0.266. The summed E-state index contributed by atoms with van der Waals surface area (Å²) in [4.78, 5) is 43.3. The number of anilines is 1. The van der Waals surface area contributed by atoms with Gasteiger partial charge in [0.15, 0.2) is 0 Å². The van der Waals surface area contributed by atoms with Gasteiger partial charge in [-0.1, -0.05) is 44.2 Å². The molecule has 194 valence electrons. The third kappa shape index (κ3) is 5.68. The lowest BCUT2D eigenvalue weighted by Crippen LogP contribution is -2.43. The Morgan fingerprint density at radius 2 is 2.00 bits per heavy atom. The fraction of sp³-hybridized carbons (Fsp3) is 0.577. The van der Waals surface area contributed by atoms with Gasteiger partial charge in [-0.2, -0.15) is 5.26 Å². The molecule has 2 saturated heterocycles. The van der Waals surface area contributed by atoms with E-state index in [1.807, 2.05) is 11.8 Å². The molecule has 0 spiro atoms. The number of hydrogen-bond donors (Lipinski definition) is 0. The van der Waals surface area contributed by atoms with Crippen LogP contribution in [0.2, 0.25) is 0 Å². The first-order valence-electron chi connectivity index (χ1n) is 12.6. The molecule has 2 fully saturated rings. The smallest absolute Gasteiger partial charge is 0.310 e. The summed E-state index contributed by atoms with van der Waals surface area (Å²) in [5.41, 5.74) is 0.902. The summed E-state index contributed by atoms with van der Waals surface area (Å²) in [7, 11) is 0. The summed E-state index contributed by atoms with van der Waals surface area (Å²) in [6, 6.07) is 2.08. The highest BCUT2D eigenvalue weighted by Gasteiger charge is 2.34. The van der Waals surface area contributed by atoms with Gasteiger partial charge in [-0.25, -0.2) is 0 Å². The molecule has 0 N–H and O–H groups in total. The maximum Gasteiger partial charge on any atom is 0.310 e. The molecule has 0 bridgehead atoms. The van der Waals surface area contributed by atoms with Crippen molar-refractivity contribution >= 4 is 52.1 Å². The number of thiocarbonyl (C=S) groups is 1. The van der Waals surface area contributed by atoms with E-state index in [2.05, 4.69) is 13.0 Å². The van der Waals surface area contributed by atoms with Gasteiger partial charge in [0.1, 0.15) is 21.8 Å². The number of carbonyl (C=O) groups is 2. The molecule has 0 radical (unpaired) electrons. The molecular formula is C26H34N4O4S2. The summed E-state index contributed by atoms with van der Waals surface area (Å²) in [5.74, 6) is -0.0556. The zero-order chi connectivity index (χ0) is 26.4. The molecule has 1 amide bonds. The highest BCUT2D eigenvalue weighted by molar-refractivity contribution is 8.26. The standard InChI is InChI=1S/C26H34N4O4S2/c1-5-8-13-30-24(32)21(36-26(30)35)14-19-17(4)20(15-27)23(31)29(11-6-2)22(19)28-12-9-10-18(16-28)25(33)34-7-3/h14,18H,5-13,16H2,1-4H3. The third-order valence-electron chi connectivity index (χ3n) is 6.52. The molecule has 36 heavy (non-hydrogen) atoms. The van der Waals surface area contributed by atoms with Crippen LogP contribution < -0.4 is 10.5 Å². The van der Waals surface area contributed by atoms with Crippen LogP contribution >= 0.6 is 24.0 Å². The van der Waals surface area contributed by atoms with Crippen LogP contribution in [0, 0.1) is 24.2 Å². The lowest BCUT2D eigenvalue weighted by Gasteiger charge is -2.36. The largest absolute Gasteiger partial charge is 0.466 e. The van der Waals surface area contributed by atoms with Crippen LogP contribution in [0.5, 0.6) is 0 Å². The van der Waals surface area contributed by atoms with Gasteiger partial charge in [-0.05, 0) is 51.2 Å². The maximum absolute atomic E-state index is 13.4. The molecule has 1 aromatic rings. The number of nitrogens with zero attached hydrogens (tertiary/aromatic N) is 4. The van der Waals surface area contributed by atoms with Crippen LogP contribution in [-0.2, 0) is 20.9 Å². The van der Waals surface area contributed by atoms with Crippen LogP contribution in [0.15, 0.2) is 9.70 Å². The zero-order valence-electron chi connectivity index (χ0n) is 21.5. The van der Waals surface area contributed by atoms with Gasteiger partial charge in [0, 0.05) is 31.7 Å². The first-order valence-corrected chi connectivity index (χ1v) is 13.9. The van der Waals surface area contributed by atoms with Crippen LogP contribution in [0.25, 0.3) is 6.08 Å². The van der Waals surface area contributed by atoms with E-state index in [0.717, 1.165) is 19.3 Å². The molecule has 2 aliphatic heterocycles. The first-order chi connectivity index (χ1) is 17.3. The van der Waals surface area contributed by atoms with E-state index >= 15 is 0 Å². The Morgan fingerprint density at radius 3 is 2.64 bits per heavy atom. The van der Waals surface area contributed by atoms with Crippen molar-refractivity contribution in [2.24, 2.45) is 5.92 Å². The third-order valence-corrected chi connectivity index (χ3v) is 7.90. The predicted molar refractivity (Wildman–Crippen MR) is 147 cm³/mol. The lowest BCUT2D eigenvalue weighted by atomic mass is 9.96. The Hall–Kier alpha value is -2.64. The second kappa shape index (κ2) is 12.5. The molecule has 3 rings (SSSR count). The second-order valence-corrected chi connectivity index (χ2v) is 10.7. The minimum absolute atomic E-state index is 0.0684. The van der Waals surface area contributed by atoms with Crippen molar-refractivity contribution < 1.29 is 14.3 Å². The number of rotatable bonds is 9. The van der Waals surface area contributed by atoms with Gasteiger partial charge in [0.2, 0.25) is 0 Å². The van der Waals surface area contributed by atoms with Gasteiger partial charge in [0.25, 0.3) is 11.5 Å². The van der Waals surface area contributed by atoms with E-state index in [-0.39, 0.29) is 28.9 Å². The fourth-order valence-corrected chi connectivity index (χ4v) is 5.97. The van der Waals surface area contributed by atoms with E-state index in [0.29, 0.717) is 71.8 Å². The average molecular weight is 531 g/mol. The van der Waals surface area contributed by atoms with E-state index in [1.54, 1.807) is 29.4 Å². The van der Waals surface area contributed by atoms with Crippen molar-refractivity contribution in [3.8, 4) is 6.07 Å². The minimum atomic E-state index is -0.349. The fourth-order valence-electron chi connectivity index (χ4n) is 4.68. The Kier molecular flexibility index (Phi) is 9.74. The summed E-state index contributed by atoms with van der Waals surface area (Å²) in [5, 5.41) is 9.83. The summed E-state index contributed by atoms with van der Waals surface area (Å²) in [6.45, 7) is 9.93. The van der Waals surface area contributed by atoms with E-state index in [4.69, 9.17) is 17.0 Å². The molecule has 8 nitrogen and oxygen atoms in total. The summed E-state index contributed by atoms with van der Waals surface area (Å²) < 4.78 is 7.42. The number of esters is 1. The molecule has 0 aliphatic carbocycles. The van der Waals surface area contributed by atoms with Crippen LogP contribution in [0.4, 0.5) is 5.82 Å². The van der Waals surface area contributed by atoms with Crippen molar-refractivity contribution in [3.05, 3.63) is 31.9 Å². The van der Waals surface area contributed by atoms with Crippen molar-refractivity contribution in [2.75, 3.05) is 31.1 Å². The summed E-state index contributed by atoms with van der Waals surface area (Å²) >= 11 is 6.72. The first kappa shape index (κ1) is 27.9. The van der Waals surface area contributed by atoms with Crippen molar-refractivity contribution in [2.45, 2.75) is 66.3 Å². The van der Waals surface area contributed by atoms with Crippen LogP contribution in [0.3, 0.4) is 0 Å². The lowest BCUT2D eigenvalue weighted by molar-refractivity contribution is -0.148. The number of amides is 1. The number of hydrogen-bond acceptors (Lipinski definition) is 8. The van der Waals surface area contributed by atoms with Crippen LogP contribution in [0.1, 0.15) is 69.6 Å². The number of nitriles is 1. The number of unbranched alkanes of at least 4 members (excludes halogenated alkanes) is 1. The normalized spacial score (nSPS) is 19.2. The van der Waals surface area contributed by atoms with Gasteiger partial charge in [-0.15, -0.1) is 0 Å². The number of pyridine rings is 1. The zero-order valence-corrected chi connectivity index (χ0v) is 23.1. The molecular weight excluding hydrogens is 496 g/mol. The van der Waals surface area contributed by atoms with Gasteiger partial charge >= 0.3 is 5.97 Å². The van der Waals surface area contributed by atoms with Crippen molar-refractivity contribution in [1.82, 2.24) is 9.47 Å². The average Bonchev–Trinajstić information content (AvgIpc) is 3.13. The van der Waals surface area contributed by atoms with Crippen molar-refractivity contribution in [1.29, 1.82) is 5.26 Å². The monoisotopic (exact) mass is 530 g/mol. The Morgan fingerprint density at radius 1 is 1.25 bits per heavy atom. The number of thioether (sulfide) groups is 1. The molecule has 2 aliphatic rings. The SMILES string of the molecule is CCCCN1C(=O)C(=Cc2c(C)c(C#N)c(=O)n(CCC)c2N2CCCC(C(=O)OCC)C2)SC1=S. The van der Waals surface area contributed by atoms with Gasteiger partial charge in [0.05, 0.1) is 17.4 Å². The minimum Gasteiger partial charge on any atom is -0.466 e. The Balaban J connectivity index is 2.17. The second-order valence-electron chi connectivity index (χ2n) is 9.03. The Labute approximate surface area is 222 Å². The van der Waals surface area contributed by atoms with E-state index in [1.165, 1.54) is 11.8 Å². The predicted octanol–water partition coefficient (Wildman–Crippen LogP) is 4.22. The molecule has 3 heterocycles.